The van der Waals surface area contributed by atoms with Crippen LogP contribution in [0.4, 0.5) is 0 Å². The molecule has 0 heterocycles. The van der Waals surface area contributed by atoms with Crippen LogP contribution >= 0.6 is 0 Å². The van der Waals surface area contributed by atoms with E-state index in [1.54, 1.807) is 6.07 Å². The third kappa shape index (κ3) is 6.25. The summed E-state index contributed by atoms with van der Waals surface area (Å²) < 4.78 is 27.2. The van der Waals surface area contributed by atoms with E-state index >= 15 is 0 Å². The number of nitrogens with zero attached hydrogens (tertiary/aromatic N) is 1. The van der Waals surface area contributed by atoms with Gasteiger partial charge in [0, 0.05) is 18.5 Å². The van der Waals surface area contributed by atoms with E-state index in [2.05, 4.69) is 10.0 Å². The highest BCUT2D eigenvalue weighted by Gasteiger charge is 2.19. The summed E-state index contributed by atoms with van der Waals surface area (Å²) in [6.07, 6.45) is 0.669. The molecule has 0 aliphatic rings. The van der Waals surface area contributed by atoms with E-state index in [0.717, 1.165) is 11.1 Å². The number of nitrogens with one attached hydrogen (secondary N) is 2. The maximum atomic E-state index is 13.0. The monoisotopic (exact) mass is 433 g/mol. The Labute approximate surface area is 182 Å². The van der Waals surface area contributed by atoms with Gasteiger partial charge in [-0.1, -0.05) is 66.7 Å². The second-order valence-electron chi connectivity index (χ2n) is 6.96. The molecule has 1 atom stereocenters. The first-order valence-electron chi connectivity index (χ1n) is 9.86. The van der Waals surface area contributed by atoms with Crippen LogP contribution in [0.1, 0.15) is 33.9 Å². The summed E-state index contributed by atoms with van der Waals surface area (Å²) in [5.41, 5.74) is 2.29. The fraction of sp³-hybridized carbons (Fsp3) is 0.167. The highest BCUT2D eigenvalue weighted by Crippen LogP contribution is 2.20. The third-order valence-electron chi connectivity index (χ3n) is 4.73. The van der Waals surface area contributed by atoms with E-state index in [-0.39, 0.29) is 35.4 Å². The van der Waals surface area contributed by atoms with Crippen molar-refractivity contribution in [2.45, 2.75) is 23.8 Å². The SMILES string of the molecule is N#CCCNS(=O)(=O)c1cccc(C(=O)NC(Cc2ccccc2)c2ccccc2)c1. The number of nitriles is 1. The van der Waals surface area contributed by atoms with Gasteiger partial charge in [0.2, 0.25) is 10.0 Å². The summed E-state index contributed by atoms with van der Waals surface area (Å²) in [4.78, 5) is 13.0. The quantitative estimate of drug-likeness (QED) is 0.504. The summed E-state index contributed by atoms with van der Waals surface area (Å²) in [6, 6.07) is 27.0. The van der Waals surface area contributed by atoms with E-state index < -0.39 is 10.0 Å². The average Bonchev–Trinajstić information content (AvgIpc) is 2.80. The fourth-order valence-electron chi connectivity index (χ4n) is 3.16. The summed E-state index contributed by atoms with van der Waals surface area (Å²) >= 11 is 0. The molecule has 3 aromatic carbocycles. The zero-order valence-electron chi connectivity index (χ0n) is 16.9. The van der Waals surface area contributed by atoms with Crippen molar-refractivity contribution in [1.82, 2.24) is 10.0 Å². The van der Waals surface area contributed by atoms with E-state index in [4.69, 9.17) is 5.26 Å². The van der Waals surface area contributed by atoms with Gasteiger partial charge in [-0.15, -0.1) is 0 Å². The number of hydrogen-bond acceptors (Lipinski definition) is 4. The first-order chi connectivity index (χ1) is 15.0. The second kappa shape index (κ2) is 10.5. The van der Waals surface area contributed by atoms with Gasteiger partial charge in [-0.2, -0.15) is 5.26 Å². The largest absolute Gasteiger partial charge is 0.345 e. The minimum absolute atomic E-state index is 0.0163. The molecule has 0 bridgehead atoms. The van der Waals surface area contributed by atoms with Gasteiger partial charge in [0.15, 0.2) is 0 Å². The van der Waals surface area contributed by atoms with Gasteiger partial charge in [0.1, 0.15) is 0 Å². The Morgan fingerprint density at radius 2 is 1.61 bits per heavy atom. The van der Waals surface area contributed by atoms with Crippen LogP contribution in [-0.2, 0) is 16.4 Å². The number of hydrogen-bond donors (Lipinski definition) is 2. The van der Waals surface area contributed by atoms with Crippen LogP contribution in [0.2, 0.25) is 0 Å². The average molecular weight is 434 g/mol. The van der Waals surface area contributed by atoms with Crippen LogP contribution in [-0.4, -0.2) is 20.9 Å². The first kappa shape index (κ1) is 22.2. The Kier molecular flexibility index (Phi) is 7.55. The standard InChI is InChI=1S/C24H23N3O3S/c25-15-8-16-26-31(29,30)22-14-7-13-21(18-22)24(28)27-23(20-11-5-2-6-12-20)17-19-9-3-1-4-10-19/h1-7,9-14,18,23,26H,8,16-17H2,(H,27,28). The molecule has 1 amide bonds. The maximum Gasteiger partial charge on any atom is 0.251 e. The summed E-state index contributed by atoms with van der Waals surface area (Å²) in [6.45, 7) is 0.0163. The molecule has 1 unspecified atom stereocenters. The molecule has 2 N–H and O–H groups in total. The van der Waals surface area contributed by atoms with Gasteiger partial charge in [0.05, 0.1) is 17.0 Å². The number of carbonyl (C=O) groups is 1. The minimum atomic E-state index is -3.80. The molecule has 0 saturated heterocycles. The number of sulfonamides is 1. The lowest BCUT2D eigenvalue weighted by Gasteiger charge is -2.20. The van der Waals surface area contributed by atoms with Crippen molar-refractivity contribution < 1.29 is 13.2 Å². The topological polar surface area (TPSA) is 99.1 Å². The van der Waals surface area contributed by atoms with E-state index in [1.807, 2.05) is 66.7 Å². The predicted octanol–water partition coefficient (Wildman–Crippen LogP) is 3.59. The molecular formula is C24H23N3O3S. The molecule has 3 aromatic rings. The van der Waals surface area contributed by atoms with Crippen LogP contribution in [0, 0.1) is 11.3 Å². The van der Waals surface area contributed by atoms with Crippen LogP contribution in [0.25, 0.3) is 0 Å². The Bertz CT molecular complexity index is 1160. The Hall–Kier alpha value is -3.47. The molecule has 6 nitrogen and oxygen atoms in total. The third-order valence-corrected chi connectivity index (χ3v) is 6.18. The molecule has 0 aromatic heterocycles. The molecule has 0 aliphatic carbocycles. The molecule has 158 valence electrons. The molecule has 3 rings (SSSR count). The molecule has 0 radical (unpaired) electrons. The molecule has 0 spiro atoms. The van der Waals surface area contributed by atoms with E-state index in [9.17, 15) is 13.2 Å². The normalized spacial score (nSPS) is 12.0. The predicted molar refractivity (Wildman–Crippen MR) is 119 cm³/mol. The van der Waals surface area contributed by atoms with E-state index in [0.29, 0.717) is 6.42 Å². The fourth-order valence-corrected chi connectivity index (χ4v) is 4.24. The second-order valence-corrected chi connectivity index (χ2v) is 8.73. The van der Waals surface area contributed by atoms with Crippen molar-refractivity contribution in [3.05, 3.63) is 102 Å². The molecule has 31 heavy (non-hydrogen) atoms. The highest BCUT2D eigenvalue weighted by molar-refractivity contribution is 7.89. The Balaban J connectivity index is 1.81. The summed E-state index contributed by atoms with van der Waals surface area (Å²) in [5.74, 6) is -0.362. The van der Waals surface area contributed by atoms with Crippen LogP contribution in [0.15, 0.2) is 89.8 Å². The number of rotatable bonds is 9. The number of benzene rings is 3. The molecule has 0 fully saturated rings. The van der Waals surface area contributed by atoms with Crippen molar-refractivity contribution in [2.75, 3.05) is 6.54 Å². The number of amides is 1. The summed E-state index contributed by atoms with van der Waals surface area (Å²) in [5, 5.41) is 11.6. The zero-order chi connectivity index (χ0) is 22.1. The van der Waals surface area contributed by atoms with Crippen LogP contribution < -0.4 is 10.0 Å². The zero-order valence-corrected chi connectivity index (χ0v) is 17.7. The van der Waals surface area contributed by atoms with Crippen molar-refractivity contribution >= 4 is 15.9 Å². The molecule has 0 saturated carbocycles. The smallest absolute Gasteiger partial charge is 0.251 e. The highest BCUT2D eigenvalue weighted by atomic mass is 32.2. The van der Waals surface area contributed by atoms with Gasteiger partial charge in [-0.3, -0.25) is 4.79 Å². The minimum Gasteiger partial charge on any atom is -0.345 e. The summed E-state index contributed by atoms with van der Waals surface area (Å²) in [7, 11) is -3.80. The van der Waals surface area contributed by atoms with Gasteiger partial charge in [-0.05, 0) is 35.7 Å². The van der Waals surface area contributed by atoms with Crippen molar-refractivity contribution in [3.8, 4) is 6.07 Å². The lowest BCUT2D eigenvalue weighted by atomic mass is 9.98. The molecule has 7 heteroatoms. The molecular weight excluding hydrogens is 410 g/mol. The Morgan fingerprint density at radius 3 is 2.29 bits per heavy atom. The van der Waals surface area contributed by atoms with E-state index in [1.165, 1.54) is 18.2 Å². The molecule has 0 aliphatic heterocycles. The van der Waals surface area contributed by atoms with Crippen molar-refractivity contribution in [1.29, 1.82) is 5.26 Å². The maximum absolute atomic E-state index is 13.0. The van der Waals surface area contributed by atoms with Crippen LogP contribution in [0.5, 0.6) is 0 Å². The van der Waals surface area contributed by atoms with Gasteiger partial charge in [-0.25, -0.2) is 13.1 Å². The van der Waals surface area contributed by atoms with Gasteiger partial charge in [0.25, 0.3) is 5.91 Å². The number of carbonyl (C=O) groups excluding carboxylic acids is 1. The van der Waals surface area contributed by atoms with Crippen LogP contribution in [0.3, 0.4) is 0 Å². The van der Waals surface area contributed by atoms with Crippen molar-refractivity contribution in [2.24, 2.45) is 0 Å². The first-order valence-corrected chi connectivity index (χ1v) is 11.3. The van der Waals surface area contributed by atoms with Gasteiger partial charge >= 0.3 is 0 Å². The van der Waals surface area contributed by atoms with Crippen molar-refractivity contribution in [3.63, 3.8) is 0 Å². The van der Waals surface area contributed by atoms with Gasteiger partial charge < -0.3 is 5.32 Å². The lowest BCUT2D eigenvalue weighted by Crippen LogP contribution is -2.30. The lowest BCUT2D eigenvalue weighted by molar-refractivity contribution is 0.0936. The Morgan fingerprint density at radius 1 is 0.935 bits per heavy atom.